The largest absolute Gasteiger partial charge is 0.462 e. The molecule has 62 heavy (non-hydrogen) atoms. The maximum atomic E-state index is 12.8. The molecule has 0 fully saturated rings. The average molecular weight is 875 g/mol. The van der Waals surface area contributed by atoms with Gasteiger partial charge >= 0.3 is 17.9 Å². The second-order valence-corrected chi connectivity index (χ2v) is 18.9. The molecule has 366 valence electrons. The van der Waals surface area contributed by atoms with Gasteiger partial charge in [0.25, 0.3) is 0 Å². The second kappa shape index (κ2) is 51.8. The van der Waals surface area contributed by atoms with Gasteiger partial charge in [0, 0.05) is 19.3 Å². The number of carbonyl (C=O) groups excluding carboxylic acids is 3. The van der Waals surface area contributed by atoms with E-state index in [1.165, 1.54) is 205 Å². The molecule has 0 aliphatic heterocycles. The Kier molecular flexibility index (Phi) is 50.2. The maximum Gasteiger partial charge on any atom is 0.306 e. The van der Waals surface area contributed by atoms with Gasteiger partial charge in [0.15, 0.2) is 6.10 Å². The first-order valence-corrected chi connectivity index (χ1v) is 27.7. The fraction of sp³-hybridized carbons (Fsp3) is 0.911. The molecular formula is C56H106O6. The molecule has 0 rings (SSSR count). The zero-order valence-electron chi connectivity index (χ0n) is 41.9. The lowest BCUT2D eigenvalue weighted by atomic mass is 10.0. The molecule has 0 amide bonds. The van der Waals surface area contributed by atoms with Gasteiger partial charge in [-0.3, -0.25) is 14.4 Å². The van der Waals surface area contributed by atoms with Crippen molar-refractivity contribution >= 4 is 17.9 Å². The Morgan fingerprint density at radius 3 is 0.823 bits per heavy atom. The lowest BCUT2D eigenvalue weighted by Crippen LogP contribution is -2.30. The number of allylic oxidation sites excluding steroid dienone is 2. The minimum Gasteiger partial charge on any atom is -0.462 e. The minimum atomic E-state index is -0.766. The van der Waals surface area contributed by atoms with Crippen LogP contribution in [0.5, 0.6) is 0 Å². The summed E-state index contributed by atoms with van der Waals surface area (Å²) in [5.41, 5.74) is 0. The average Bonchev–Trinajstić information content (AvgIpc) is 3.27. The van der Waals surface area contributed by atoms with Gasteiger partial charge in [-0.1, -0.05) is 258 Å². The molecule has 0 bridgehead atoms. The van der Waals surface area contributed by atoms with Crippen LogP contribution in [0.3, 0.4) is 0 Å². The normalized spacial score (nSPS) is 12.0. The monoisotopic (exact) mass is 875 g/mol. The van der Waals surface area contributed by atoms with Crippen molar-refractivity contribution in [2.24, 2.45) is 0 Å². The summed E-state index contributed by atoms with van der Waals surface area (Å²) in [6, 6.07) is 0. The summed E-state index contributed by atoms with van der Waals surface area (Å²) in [7, 11) is 0. The molecule has 0 aromatic rings. The summed E-state index contributed by atoms with van der Waals surface area (Å²) in [6.07, 6.45) is 57.7. The number of hydrogen-bond acceptors (Lipinski definition) is 6. The number of rotatable bonds is 51. The van der Waals surface area contributed by atoms with Crippen LogP contribution in [0.2, 0.25) is 0 Å². The number of carbonyl (C=O) groups is 3. The predicted molar refractivity (Wildman–Crippen MR) is 266 cm³/mol. The number of ether oxygens (including phenoxy) is 3. The standard InChI is InChI=1S/C56H106O6/c1-4-7-10-13-16-19-22-25-26-27-28-29-30-32-35-37-40-43-46-49-55(58)61-52-53(62-56(59)50-47-44-41-38-33-24-21-18-15-12-9-6-3)51-60-54(57)48-45-42-39-36-34-31-23-20-17-14-11-8-5-2/h20,23,53H,4-19,21-22,24-52H2,1-3H3/b23-20-/t53-/m1/s1. The van der Waals surface area contributed by atoms with Gasteiger partial charge in [0.2, 0.25) is 0 Å². The van der Waals surface area contributed by atoms with Gasteiger partial charge in [-0.2, -0.15) is 0 Å². The molecule has 0 spiro atoms. The Morgan fingerprint density at radius 2 is 0.532 bits per heavy atom. The number of hydrogen-bond donors (Lipinski definition) is 0. The third-order valence-electron chi connectivity index (χ3n) is 12.5. The molecule has 1 atom stereocenters. The van der Waals surface area contributed by atoms with Crippen LogP contribution in [-0.4, -0.2) is 37.2 Å². The highest BCUT2D eigenvalue weighted by atomic mass is 16.6. The third-order valence-corrected chi connectivity index (χ3v) is 12.5. The van der Waals surface area contributed by atoms with Crippen molar-refractivity contribution in [3.8, 4) is 0 Å². The van der Waals surface area contributed by atoms with E-state index in [4.69, 9.17) is 14.2 Å². The van der Waals surface area contributed by atoms with Crippen LogP contribution in [0.1, 0.15) is 310 Å². The maximum absolute atomic E-state index is 12.8. The van der Waals surface area contributed by atoms with Gasteiger partial charge in [0.05, 0.1) is 0 Å². The van der Waals surface area contributed by atoms with E-state index < -0.39 is 6.10 Å². The second-order valence-electron chi connectivity index (χ2n) is 18.9. The zero-order valence-corrected chi connectivity index (χ0v) is 41.9. The third kappa shape index (κ3) is 49.2. The van der Waals surface area contributed by atoms with Crippen molar-refractivity contribution < 1.29 is 28.6 Å². The van der Waals surface area contributed by atoms with Crippen molar-refractivity contribution in [1.82, 2.24) is 0 Å². The highest BCUT2D eigenvalue weighted by molar-refractivity contribution is 5.71. The molecule has 0 unspecified atom stereocenters. The number of unbranched alkanes of at least 4 members (excludes halogenated alkanes) is 38. The van der Waals surface area contributed by atoms with Gasteiger partial charge in [-0.25, -0.2) is 0 Å². The molecular weight excluding hydrogens is 769 g/mol. The Balaban J connectivity index is 4.26. The Labute approximate surface area is 386 Å². The molecule has 0 heterocycles. The quantitative estimate of drug-likeness (QED) is 0.0262. The van der Waals surface area contributed by atoms with Crippen LogP contribution in [0, 0.1) is 0 Å². The molecule has 0 saturated carbocycles. The molecule has 0 aromatic carbocycles. The van der Waals surface area contributed by atoms with Crippen LogP contribution in [-0.2, 0) is 28.6 Å². The number of esters is 3. The summed E-state index contributed by atoms with van der Waals surface area (Å²) in [6.45, 7) is 6.66. The van der Waals surface area contributed by atoms with Crippen molar-refractivity contribution in [2.75, 3.05) is 13.2 Å². The SMILES string of the molecule is CCCCCC/C=C\CCCCCCCC(=O)OC[C@H](COC(=O)CCCCCCCCCCCCCCCCCCCCC)OC(=O)CCCCCCCCCCCCCC. The first-order chi connectivity index (χ1) is 30.5. The highest BCUT2D eigenvalue weighted by Gasteiger charge is 2.19. The molecule has 0 N–H and O–H groups in total. The molecule has 0 aliphatic carbocycles. The van der Waals surface area contributed by atoms with Gasteiger partial charge in [-0.15, -0.1) is 0 Å². The fourth-order valence-corrected chi connectivity index (χ4v) is 8.32. The summed E-state index contributed by atoms with van der Waals surface area (Å²) in [4.78, 5) is 38.0. The van der Waals surface area contributed by atoms with E-state index >= 15 is 0 Å². The van der Waals surface area contributed by atoms with Crippen LogP contribution >= 0.6 is 0 Å². The molecule has 0 radical (unpaired) electrons. The topological polar surface area (TPSA) is 78.9 Å². The molecule has 0 aliphatic rings. The summed E-state index contributed by atoms with van der Waals surface area (Å²) >= 11 is 0. The van der Waals surface area contributed by atoms with E-state index in [2.05, 4.69) is 32.9 Å². The minimum absolute atomic E-state index is 0.0669. The summed E-state index contributed by atoms with van der Waals surface area (Å²) in [5, 5.41) is 0. The van der Waals surface area contributed by atoms with Crippen LogP contribution in [0.15, 0.2) is 12.2 Å². The van der Waals surface area contributed by atoms with Crippen LogP contribution in [0.4, 0.5) is 0 Å². The van der Waals surface area contributed by atoms with E-state index in [1.54, 1.807) is 0 Å². The molecule has 6 nitrogen and oxygen atoms in total. The van der Waals surface area contributed by atoms with Crippen LogP contribution in [0.25, 0.3) is 0 Å². The van der Waals surface area contributed by atoms with E-state index in [0.29, 0.717) is 19.3 Å². The summed E-state index contributed by atoms with van der Waals surface area (Å²) in [5.74, 6) is -0.856. The zero-order chi connectivity index (χ0) is 45.1. The van der Waals surface area contributed by atoms with Crippen molar-refractivity contribution in [2.45, 2.75) is 316 Å². The first kappa shape index (κ1) is 60.2. The first-order valence-electron chi connectivity index (χ1n) is 27.7. The molecule has 0 saturated heterocycles. The van der Waals surface area contributed by atoms with Crippen molar-refractivity contribution in [3.63, 3.8) is 0 Å². The van der Waals surface area contributed by atoms with Gasteiger partial charge in [0.1, 0.15) is 13.2 Å². The van der Waals surface area contributed by atoms with E-state index in [0.717, 1.165) is 64.2 Å². The van der Waals surface area contributed by atoms with Gasteiger partial charge in [-0.05, 0) is 44.9 Å². The molecule has 6 heteroatoms. The van der Waals surface area contributed by atoms with Gasteiger partial charge < -0.3 is 14.2 Å². The fourth-order valence-electron chi connectivity index (χ4n) is 8.32. The lowest BCUT2D eigenvalue weighted by molar-refractivity contribution is -0.167. The van der Waals surface area contributed by atoms with Crippen molar-refractivity contribution in [1.29, 1.82) is 0 Å². The Bertz CT molecular complexity index is 962. The Morgan fingerprint density at radius 1 is 0.306 bits per heavy atom. The van der Waals surface area contributed by atoms with E-state index in [1.807, 2.05) is 0 Å². The molecule has 0 aromatic heterocycles. The highest BCUT2D eigenvalue weighted by Crippen LogP contribution is 2.17. The summed E-state index contributed by atoms with van der Waals surface area (Å²) < 4.78 is 16.8. The predicted octanol–water partition coefficient (Wildman–Crippen LogP) is 18.2. The van der Waals surface area contributed by atoms with E-state index in [9.17, 15) is 14.4 Å². The Hall–Kier alpha value is -1.85. The van der Waals surface area contributed by atoms with Crippen molar-refractivity contribution in [3.05, 3.63) is 12.2 Å². The smallest absolute Gasteiger partial charge is 0.306 e. The van der Waals surface area contributed by atoms with E-state index in [-0.39, 0.29) is 31.1 Å². The van der Waals surface area contributed by atoms with Crippen LogP contribution < -0.4 is 0 Å². The lowest BCUT2D eigenvalue weighted by Gasteiger charge is -2.18.